The Morgan fingerprint density at radius 2 is 2.06 bits per heavy atom. The van der Waals surface area contributed by atoms with Gasteiger partial charge in [0.05, 0.1) is 16.1 Å². The quantitative estimate of drug-likeness (QED) is 0.781. The molecule has 0 unspecified atom stereocenters. The van der Waals surface area contributed by atoms with E-state index < -0.39 is 5.54 Å². The molecular formula is C11H12Br2ClNO2. The van der Waals surface area contributed by atoms with E-state index >= 15 is 0 Å². The summed E-state index contributed by atoms with van der Waals surface area (Å²) >= 11 is 12.6. The third-order valence-electron chi connectivity index (χ3n) is 2.20. The lowest BCUT2D eigenvalue weighted by molar-refractivity contribution is 0.0922. The van der Waals surface area contributed by atoms with Gasteiger partial charge >= 0.3 is 0 Å². The normalized spacial score (nSPS) is 11.3. The summed E-state index contributed by atoms with van der Waals surface area (Å²) in [6, 6.07) is 4.28. The van der Waals surface area contributed by atoms with Gasteiger partial charge in [-0.15, -0.1) is 0 Å². The number of amides is 1. The van der Waals surface area contributed by atoms with E-state index in [2.05, 4.69) is 37.2 Å². The smallest absolute Gasteiger partial charge is 0.253 e. The lowest BCUT2D eigenvalue weighted by atomic mass is 10.1. The number of hydrogen-bond acceptors (Lipinski definition) is 2. The third-order valence-corrected chi connectivity index (χ3v) is 5.00. The monoisotopic (exact) mass is 383 g/mol. The molecule has 1 amide bonds. The molecule has 0 aromatic heterocycles. The molecular weight excluding hydrogens is 373 g/mol. The number of hydrogen-bond donors (Lipinski definition) is 2. The lowest BCUT2D eigenvalue weighted by Crippen LogP contribution is -2.49. The van der Waals surface area contributed by atoms with Crippen molar-refractivity contribution >= 4 is 49.4 Å². The molecule has 1 rings (SSSR count). The average Bonchev–Trinajstić information content (AvgIpc) is 2.32. The minimum absolute atomic E-state index is 0.0129. The van der Waals surface area contributed by atoms with Crippen LogP contribution in [-0.4, -0.2) is 27.2 Å². The second kappa shape index (κ2) is 6.07. The van der Waals surface area contributed by atoms with Crippen LogP contribution < -0.4 is 5.32 Å². The van der Waals surface area contributed by atoms with E-state index in [-0.39, 0.29) is 17.2 Å². The van der Waals surface area contributed by atoms with Gasteiger partial charge in [-0.25, -0.2) is 0 Å². The highest BCUT2D eigenvalue weighted by Gasteiger charge is 2.25. The summed E-state index contributed by atoms with van der Waals surface area (Å²) in [4.78, 5) is 12.0. The minimum atomic E-state index is -0.411. The fourth-order valence-corrected chi connectivity index (χ4v) is 2.54. The Bertz CT molecular complexity index is 422. The van der Waals surface area contributed by atoms with Crippen molar-refractivity contribution in [1.29, 1.82) is 0 Å². The number of benzene rings is 1. The van der Waals surface area contributed by atoms with Gasteiger partial charge in [0.2, 0.25) is 0 Å². The molecule has 0 atom stereocenters. The first-order valence-corrected chi connectivity index (χ1v) is 7.47. The maximum absolute atomic E-state index is 12.0. The SMILES string of the molecule is CC(CBr)(CBr)NC(=O)c1cc(O)ccc1Cl. The van der Waals surface area contributed by atoms with Crippen molar-refractivity contribution in [2.24, 2.45) is 0 Å². The van der Waals surface area contributed by atoms with Gasteiger partial charge in [0.15, 0.2) is 0 Å². The summed E-state index contributed by atoms with van der Waals surface area (Å²) in [6.07, 6.45) is 0. The first kappa shape index (κ1) is 14.8. The fraction of sp³-hybridized carbons (Fsp3) is 0.364. The standard InChI is InChI=1S/C11H12Br2ClNO2/c1-11(5-12,6-13)15-10(17)8-4-7(16)2-3-9(8)14/h2-4,16H,5-6H2,1H3,(H,15,17). The predicted octanol–water partition coefficient (Wildman–Crippen LogP) is 3.32. The van der Waals surface area contributed by atoms with Crippen molar-refractivity contribution < 1.29 is 9.90 Å². The molecule has 1 aromatic carbocycles. The number of carbonyl (C=O) groups excluding carboxylic acids is 1. The minimum Gasteiger partial charge on any atom is -0.508 e. The van der Waals surface area contributed by atoms with Crippen LogP contribution in [0.1, 0.15) is 17.3 Å². The Hall–Kier alpha value is -0.260. The van der Waals surface area contributed by atoms with Crippen LogP contribution in [0.4, 0.5) is 0 Å². The number of alkyl halides is 2. The molecule has 0 aliphatic heterocycles. The number of rotatable bonds is 4. The van der Waals surface area contributed by atoms with Crippen LogP contribution in [0.5, 0.6) is 5.75 Å². The van der Waals surface area contributed by atoms with Crippen molar-refractivity contribution in [3.8, 4) is 5.75 Å². The average molecular weight is 385 g/mol. The maximum Gasteiger partial charge on any atom is 0.253 e. The number of carbonyl (C=O) groups is 1. The Morgan fingerprint density at radius 1 is 1.47 bits per heavy atom. The van der Waals surface area contributed by atoms with Gasteiger partial charge < -0.3 is 10.4 Å². The van der Waals surface area contributed by atoms with E-state index in [4.69, 9.17) is 11.6 Å². The maximum atomic E-state index is 12.0. The summed E-state index contributed by atoms with van der Waals surface area (Å²) in [5.74, 6) is -0.300. The number of phenols is 1. The Morgan fingerprint density at radius 3 is 2.59 bits per heavy atom. The molecule has 0 aliphatic carbocycles. The van der Waals surface area contributed by atoms with Gasteiger partial charge in [0, 0.05) is 10.7 Å². The van der Waals surface area contributed by atoms with Crippen molar-refractivity contribution in [3.05, 3.63) is 28.8 Å². The first-order valence-electron chi connectivity index (χ1n) is 4.85. The van der Waals surface area contributed by atoms with E-state index in [1.807, 2.05) is 6.92 Å². The van der Waals surface area contributed by atoms with Crippen molar-refractivity contribution in [2.75, 3.05) is 10.7 Å². The third kappa shape index (κ3) is 3.86. The van der Waals surface area contributed by atoms with E-state index in [9.17, 15) is 9.90 Å². The van der Waals surface area contributed by atoms with Crippen LogP contribution in [0.15, 0.2) is 18.2 Å². The number of aromatic hydroxyl groups is 1. The predicted molar refractivity (Wildman–Crippen MR) is 76.6 cm³/mol. The summed E-state index contributed by atoms with van der Waals surface area (Å²) in [6.45, 7) is 1.89. The molecule has 2 N–H and O–H groups in total. The highest BCUT2D eigenvalue weighted by atomic mass is 79.9. The summed E-state index contributed by atoms with van der Waals surface area (Å²) in [5, 5.41) is 13.7. The largest absolute Gasteiger partial charge is 0.508 e. The summed E-state index contributed by atoms with van der Waals surface area (Å²) < 4.78 is 0. The van der Waals surface area contributed by atoms with Gasteiger partial charge in [0.1, 0.15) is 5.75 Å². The van der Waals surface area contributed by atoms with E-state index in [1.165, 1.54) is 18.2 Å². The molecule has 0 bridgehead atoms. The molecule has 94 valence electrons. The first-order chi connectivity index (χ1) is 7.91. The zero-order valence-corrected chi connectivity index (χ0v) is 13.1. The van der Waals surface area contributed by atoms with Gasteiger partial charge in [-0.1, -0.05) is 43.5 Å². The Kier molecular flexibility index (Phi) is 5.28. The second-order valence-electron chi connectivity index (χ2n) is 3.95. The van der Waals surface area contributed by atoms with Crippen molar-refractivity contribution in [2.45, 2.75) is 12.5 Å². The summed E-state index contributed by atoms with van der Waals surface area (Å²) in [5.41, 5.74) is -0.147. The van der Waals surface area contributed by atoms with E-state index in [1.54, 1.807) is 0 Å². The molecule has 0 saturated carbocycles. The molecule has 17 heavy (non-hydrogen) atoms. The van der Waals surface area contributed by atoms with Crippen LogP contribution in [-0.2, 0) is 0 Å². The van der Waals surface area contributed by atoms with E-state index in [0.29, 0.717) is 15.7 Å². The molecule has 0 heterocycles. The lowest BCUT2D eigenvalue weighted by Gasteiger charge is -2.26. The number of phenolic OH excluding ortho intramolecular Hbond substituents is 1. The van der Waals surface area contributed by atoms with Gasteiger partial charge in [-0.2, -0.15) is 0 Å². The number of halogens is 3. The molecule has 1 aromatic rings. The molecule has 0 fully saturated rings. The highest BCUT2D eigenvalue weighted by molar-refractivity contribution is 9.09. The molecule has 0 aliphatic rings. The Labute approximate surface area is 122 Å². The zero-order chi connectivity index (χ0) is 13.1. The van der Waals surface area contributed by atoms with Crippen LogP contribution >= 0.6 is 43.5 Å². The van der Waals surface area contributed by atoms with E-state index in [0.717, 1.165) is 0 Å². The topological polar surface area (TPSA) is 49.3 Å². The highest BCUT2D eigenvalue weighted by Crippen LogP contribution is 2.22. The molecule has 3 nitrogen and oxygen atoms in total. The molecule has 0 saturated heterocycles. The Balaban J connectivity index is 2.94. The second-order valence-corrected chi connectivity index (χ2v) is 5.47. The molecule has 0 spiro atoms. The zero-order valence-electron chi connectivity index (χ0n) is 9.14. The van der Waals surface area contributed by atoms with Crippen molar-refractivity contribution in [3.63, 3.8) is 0 Å². The van der Waals surface area contributed by atoms with Gasteiger partial charge in [-0.3, -0.25) is 4.79 Å². The van der Waals surface area contributed by atoms with Crippen LogP contribution in [0.25, 0.3) is 0 Å². The number of nitrogens with one attached hydrogen (secondary N) is 1. The molecule has 6 heteroatoms. The fourth-order valence-electron chi connectivity index (χ4n) is 1.13. The van der Waals surface area contributed by atoms with Gasteiger partial charge in [-0.05, 0) is 25.1 Å². The molecule has 0 radical (unpaired) electrons. The van der Waals surface area contributed by atoms with Crippen LogP contribution in [0, 0.1) is 0 Å². The van der Waals surface area contributed by atoms with Crippen LogP contribution in [0.3, 0.4) is 0 Å². The van der Waals surface area contributed by atoms with Crippen LogP contribution in [0.2, 0.25) is 5.02 Å². The van der Waals surface area contributed by atoms with Crippen molar-refractivity contribution in [1.82, 2.24) is 5.32 Å². The summed E-state index contributed by atoms with van der Waals surface area (Å²) in [7, 11) is 0. The van der Waals surface area contributed by atoms with Gasteiger partial charge in [0.25, 0.3) is 5.91 Å².